The number of nitrogens with zero attached hydrogens (tertiary/aromatic N) is 1. The van der Waals surface area contributed by atoms with E-state index in [1.165, 1.54) is 26.3 Å². The smallest absolute Gasteiger partial charge is 0.416 e. The molecule has 0 atom stereocenters. The van der Waals surface area contributed by atoms with E-state index in [-0.39, 0.29) is 27.8 Å². The van der Waals surface area contributed by atoms with Gasteiger partial charge in [-0.25, -0.2) is 0 Å². The Morgan fingerprint density at radius 3 is 2.38 bits per heavy atom. The molecule has 0 aliphatic carbocycles. The molecule has 1 heterocycles. The van der Waals surface area contributed by atoms with Gasteiger partial charge in [0, 0.05) is 18.7 Å². The second-order valence-electron chi connectivity index (χ2n) is 6.78. The van der Waals surface area contributed by atoms with Crippen LogP contribution < -0.4 is 14.8 Å². The molecule has 5 nitrogen and oxygen atoms in total. The molecule has 2 aromatic carbocycles. The molecule has 0 unspecified atom stereocenters. The predicted octanol–water partition coefficient (Wildman–Crippen LogP) is 6.79. The number of alkyl halides is 6. The quantitative estimate of drug-likeness (QED) is 0.437. The Hall–Kier alpha value is -2.86. The zero-order valence-electron chi connectivity index (χ0n) is 17.4. The molecule has 1 aliphatic rings. The summed E-state index contributed by atoms with van der Waals surface area (Å²) < 4.78 is 89.4. The monoisotopic (exact) mass is 524 g/mol. The minimum absolute atomic E-state index is 0.0275. The molecule has 0 bridgehead atoms. The van der Waals surface area contributed by atoms with Gasteiger partial charge in [0.15, 0.2) is 11.5 Å². The van der Waals surface area contributed by atoms with Crippen LogP contribution in [0.15, 0.2) is 40.2 Å². The van der Waals surface area contributed by atoms with Gasteiger partial charge in [-0.05, 0) is 41.6 Å². The van der Waals surface area contributed by atoms with Crippen LogP contribution in [0.3, 0.4) is 0 Å². The minimum Gasteiger partial charge on any atom is -0.493 e. The SMILES string of the molecule is CN=C1NC(=O)S/C1=C\c1cc(OC)c(OCc2ccc(C(F)(F)F)cc2C(F)(F)F)cc1Cl. The van der Waals surface area contributed by atoms with E-state index >= 15 is 0 Å². The number of halogens is 7. The van der Waals surface area contributed by atoms with Crippen molar-refractivity contribution in [2.75, 3.05) is 14.2 Å². The third kappa shape index (κ3) is 5.79. The van der Waals surface area contributed by atoms with E-state index in [0.717, 1.165) is 11.8 Å². The number of amides is 1. The van der Waals surface area contributed by atoms with E-state index in [9.17, 15) is 31.1 Å². The van der Waals surface area contributed by atoms with Gasteiger partial charge in [-0.1, -0.05) is 17.7 Å². The average molecular weight is 525 g/mol. The summed E-state index contributed by atoms with van der Waals surface area (Å²) in [7, 11) is 2.78. The first kappa shape index (κ1) is 25.8. The molecule has 1 N–H and O–H groups in total. The second-order valence-corrected chi connectivity index (χ2v) is 8.20. The van der Waals surface area contributed by atoms with Gasteiger partial charge in [0.25, 0.3) is 5.24 Å². The number of methoxy groups -OCH3 is 1. The molecule has 0 aromatic heterocycles. The normalized spacial score (nSPS) is 16.8. The Morgan fingerprint density at radius 2 is 1.79 bits per heavy atom. The molecule has 1 fully saturated rings. The first-order chi connectivity index (χ1) is 15.8. The van der Waals surface area contributed by atoms with Crippen molar-refractivity contribution in [3.8, 4) is 11.5 Å². The average Bonchev–Trinajstić information content (AvgIpc) is 3.11. The van der Waals surface area contributed by atoms with Crippen LogP contribution in [0.5, 0.6) is 11.5 Å². The number of hydrogen-bond acceptors (Lipinski definition) is 5. The molecule has 3 rings (SSSR count). The molecule has 2 aromatic rings. The number of carbonyl (C=O) groups excluding carboxylic acids is 1. The maximum atomic E-state index is 13.4. The second kappa shape index (κ2) is 9.79. The lowest BCUT2D eigenvalue weighted by Gasteiger charge is -2.17. The third-order valence-electron chi connectivity index (χ3n) is 4.58. The number of rotatable bonds is 5. The fourth-order valence-corrected chi connectivity index (χ4v) is 3.95. The van der Waals surface area contributed by atoms with Crippen LogP contribution in [-0.2, 0) is 19.0 Å². The van der Waals surface area contributed by atoms with Crippen molar-refractivity contribution in [1.29, 1.82) is 0 Å². The molecular weight excluding hydrogens is 510 g/mol. The number of carbonyl (C=O) groups is 1. The highest BCUT2D eigenvalue weighted by Crippen LogP contribution is 2.40. The fraction of sp³-hybridized carbons (Fsp3) is 0.238. The molecule has 182 valence electrons. The first-order valence-electron chi connectivity index (χ1n) is 9.28. The van der Waals surface area contributed by atoms with Crippen LogP contribution in [0.2, 0.25) is 5.02 Å². The number of ether oxygens (including phenoxy) is 2. The van der Waals surface area contributed by atoms with E-state index in [2.05, 4.69) is 10.3 Å². The van der Waals surface area contributed by atoms with Crippen molar-refractivity contribution in [2.45, 2.75) is 19.0 Å². The van der Waals surface area contributed by atoms with Gasteiger partial charge in [0.2, 0.25) is 0 Å². The van der Waals surface area contributed by atoms with Crippen molar-refractivity contribution in [3.63, 3.8) is 0 Å². The maximum Gasteiger partial charge on any atom is 0.416 e. The summed E-state index contributed by atoms with van der Waals surface area (Å²) in [5.41, 5.74) is -2.97. The van der Waals surface area contributed by atoms with Gasteiger partial charge in [0.1, 0.15) is 12.4 Å². The molecule has 13 heteroatoms. The molecule has 0 radical (unpaired) electrons. The summed E-state index contributed by atoms with van der Waals surface area (Å²) in [5, 5.41) is 2.35. The van der Waals surface area contributed by atoms with Crippen molar-refractivity contribution in [1.82, 2.24) is 5.32 Å². The van der Waals surface area contributed by atoms with Gasteiger partial charge in [-0.3, -0.25) is 9.79 Å². The fourth-order valence-electron chi connectivity index (χ4n) is 2.97. The number of aliphatic imine (C=N–C) groups is 1. The lowest BCUT2D eigenvalue weighted by molar-refractivity contribution is -0.143. The summed E-state index contributed by atoms with van der Waals surface area (Å²) >= 11 is 7.18. The van der Waals surface area contributed by atoms with Crippen LogP contribution >= 0.6 is 23.4 Å². The van der Waals surface area contributed by atoms with Crippen molar-refractivity contribution >= 4 is 40.5 Å². The zero-order valence-corrected chi connectivity index (χ0v) is 19.0. The zero-order chi connectivity index (χ0) is 25.3. The Morgan fingerprint density at radius 1 is 1.09 bits per heavy atom. The van der Waals surface area contributed by atoms with Crippen LogP contribution in [0.4, 0.5) is 31.1 Å². The standard InChI is InChI=1S/C21H15ClF6N2O3S/c1-29-18-17(34-19(31)30-18)6-11-5-15(32-2)16(8-14(11)22)33-9-10-3-4-12(20(23,24)25)7-13(10)21(26,27)28/h3-8H,9H2,1-2H3,(H,29,30,31)/b17-6-. The van der Waals surface area contributed by atoms with Crippen molar-refractivity contribution in [3.05, 3.63) is 62.5 Å². The maximum absolute atomic E-state index is 13.4. The van der Waals surface area contributed by atoms with Crippen molar-refractivity contribution in [2.24, 2.45) is 4.99 Å². The summed E-state index contributed by atoms with van der Waals surface area (Å²) in [6.45, 7) is -0.693. The predicted molar refractivity (Wildman–Crippen MR) is 116 cm³/mol. The van der Waals surface area contributed by atoms with E-state index in [4.69, 9.17) is 21.1 Å². The van der Waals surface area contributed by atoms with Crippen molar-refractivity contribution < 1.29 is 40.6 Å². The lowest BCUT2D eigenvalue weighted by Crippen LogP contribution is -2.18. The van der Waals surface area contributed by atoms with E-state index < -0.39 is 35.6 Å². The van der Waals surface area contributed by atoms with Gasteiger partial charge in [-0.15, -0.1) is 0 Å². The number of hydrogen-bond donors (Lipinski definition) is 1. The summed E-state index contributed by atoms with van der Waals surface area (Å²) in [6, 6.07) is 4.04. The minimum atomic E-state index is -5.03. The summed E-state index contributed by atoms with van der Waals surface area (Å²) in [4.78, 5) is 16.0. The van der Waals surface area contributed by atoms with Crippen LogP contribution in [-0.4, -0.2) is 25.2 Å². The Balaban J connectivity index is 1.91. The summed E-state index contributed by atoms with van der Waals surface area (Å²) in [6.07, 6.45) is -8.39. The van der Waals surface area contributed by atoms with E-state index in [1.807, 2.05) is 0 Å². The number of benzene rings is 2. The molecule has 1 amide bonds. The van der Waals surface area contributed by atoms with Crippen LogP contribution in [0, 0.1) is 0 Å². The Labute approximate surface area is 198 Å². The number of thioether (sulfide) groups is 1. The van der Waals surface area contributed by atoms with E-state index in [0.29, 0.717) is 28.4 Å². The highest BCUT2D eigenvalue weighted by Gasteiger charge is 2.38. The Bertz CT molecular complexity index is 1180. The highest BCUT2D eigenvalue weighted by molar-refractivity contribution is 8.18. The van der Waals surface area contributed by atoms with Gasteiger partial charge >= 0.3 is 12.4 Å². The lowest BCUT2D eigenvalue weighted by atomic mass is 10.0. The Kier molecular flexibility index (Phi) is 7.41. The molecule has 34 heavy (non-hydrogen) atoms. The molecular formula is C21H15ClF6N2O3S. The van der Waals surface area contributed by atoms with Gasteiger partial charge < -0.3 is 14.8 Å². The molecule has 1 aliphatic heterocycles. The third-order valence-corrected chi connectivity index (χ3v) is 5.72. The topological polar surface area (TPSA) is 59.9 Å². The first-order valence-corrected chi connectivity index (χ1v) is 10.5. The number of nitrogens with one attached hydrogen (secondary N) is 1. The van der Waals surface area contributed by atoms with Crippen LogP contribution in [0.25, 0.3) is 6.08 Å². The molecule has 0 spiro atoms. The van der Waals surface area contributed by atoms with E-state index in [1.54, 1.807) is 6.08 Å². The van der Waals surface area contributed by atoms with Gasteiger partial charge in [-0.2, -0.15) is 26.3 Å². The number of amidine groups is 1. The largest absolute Gasteiger partial charge is 0.493 e. The summed E-state index contributed by atoms with van der Waals surface area (Å²) in [5.74, 6) is 0.418. The highest BCUT2D eigenvalue weighted by atomic mass is 35.5. The van der Waals surface area contributed by atoms with Gasteiger partial charge in [0.05, 0.1) is 28.2 Å². The molecule has 0 saturated carbocycles. The van der Waals surface area contributed by atoms with Crippen LogP contribution in [0.1, 0.15) is 22.3 Å². The molecule has 1 saturated heterocycles.